The van der Waals surface area contributed by atoms with Gasteiger partial charge in [0.15, 0.2) is 0 Å². The number of halogens is 1. The lowest BCUT2D eigenvalue weighted by atomic mass is 10.1. The molecule has 0 atom stereocenters. The SMILES string of the molecule is Cc1ccc(Oc2ncnc(Nc3ccccc3Cl)c2[N+](=O)[O-])cc1C. The number of nitrogens with zero attached hydrogens (tertiary/aromatic N) is 3. The highest BCUT2D eigenvalue weighted by Gasteiger charge is 2.25. The third-order valence-electron chi connectivity index (χ3n) is 3.79. The zero-order chi connectivity index (χ0) is 18.7. The van der Waals surface area contributed by atoms with E-state index in [0.717, 1.165) is 11.1 Å². The molecule has 1 heterocycles. The fourth-order valence-electron chi connectivity index (χ4n) is 2.27. The minimum Gasteiger partial charge on any atom is -0.434 e. The molecule has 0 aliphatic rings. The Bertz CT molecular complexity index is 978. The lowest BCUT2D eigenvalue weighted by molar-refractivity contribution is -0.385. The first-order chi connectivity index (χ1) is 12.5. The highest BCUT2D eigenvalue weighted by atomic mass is 35.5. The van der Waals surface area contributed by atoms with Gasteiger partial charge in [0.05, 0.1) is 15.6 Å². The van der Waals surface area contributed by atoms with Crippen molar-refractivity contribution in [3.05, 3.63) is 75.1 Å². The van der Waals surface area contributed by atoms with Crippen LogP contribution in [-0.4, -0.2) is 14.9 Å². The lowest BCUT2D eigenvalue weighted by Crippen LogP contribution is -2.04. The fourth-order valence-corrected chi connectivity index (χ4v) is 2.46. The molecular formula is C18H15ClN4O3. The third kappa shape index (κ3) is 3.73. The van der Waals surface area contributed by atoms with Gasteiger partial charge in [-0.25, -0.2) is 4.98 Å². The van der Waals surface area contributed by atoms with Crippen LogP contribution in [0.3, 0.4) is 0 Å². The second kappa shape index (κ2) is 7.37. The van der Waals surface area contributed by atoms with E-state index in [0.29, 0.717) is 16.5 Å². The van der Waals surface area contributed by atoms with Crippen molar-refractivity contribution in [1.82, 2.24) is 9.97 Å². The van der Waals surface area contributed by atoms with Gasteiger partial charge in [-0.3, -0.25) is 10.1 Å². The molecule has 0 saturated carbocycles. The van der Waals surface area contributed by atoms with Crippen LogP contribution in [0.5, 0.6) is 11.6 Å². The van der Waals surface area contributed by atoms with E-state index in [1.807, 2.05) is 19.9 Å². The van der Waals surface area contributed by atoms with Crippen LogP contribution in [0.4, 0.5) is 17.2 Å². The summed E-state index contributed by atoms with van der Waals surface area (Å²) in [5.74, 6) is 0.304. The van der Waals surface area contributed by atoms with Crippen molar-refractivity contribution < 1.29 is 9.66 Å². The molecule has 8 heteroatoms. The maximum atomic E-state index is 11.6. The molecule has 2 aromatic carbocycles. The topological polar surface area (TPSA) is 90.2 Å². The summed E-state index contributed by atoms with van der Waals surface area (Å²) < 4.78 is 5.65. The predicted octanol–water partition coefficient (Wildman–Crippen LogP) is 5.19. The minimum atomic E-state index is -0.588. The Morgan fingerprint density at radius 1 is 1.12 bits per heavy atom. The van der Waals surface area contributed by atoms with Gasteiger partial charge in [-0.15, -0.1) is 0 Å². The van der Waals surface area contributed by atoms with E-state index in [4.69, 9.17) is 16.3 Å². The molecule has 3 rings (SSSR count). The van der Waals surface area contributed by atoms with Crippen LogP contribution < -0.4 is 10.1 Å². The highest BCUT2D eigenvalue weighted by Crippen LogP contribution is 2.36. The van der Waals surface area contributed by atoms with Crippen LogP contribution in [0.1, 0.15) is 11.1 Å². The number of para-hydroxylation sites is 1. The fraction of sp³-hybridized carbons (Fsp3) is 0.111. The minimum absolute atomic E-state index is 0.00284. The normalized spacial score (nSPS) is 10.4. The first-order valence-corrected chi connectivity index (χ1v) is 8.09. The van der Waals surface area contributed by atoms with E-state index >= 15 is 0 Å². The summed E-state index contributed by atoms with van der Waals surface area (Å²) in [6, 6.07) is 12.3. The summed E-state index contributed by atoms with van der Waals surface area (Å²) >= 11 is 6.10. The van der Waals surface area contributed by atoms with Gasteiger partial charge in [0.1, 0.15) is 12.1 Å². The van der Waals surface area contributed by atoms with Crippen LogP contribution in [0.15, 0.2) is 48.8 Å². The van der Waals surface area contributed by atoms with E-state index < -0.39 is 4.92 Å². The van der Waals surface area contributed by atoms with Gasteiger partial charge in [0.25, 0.3) is 0 Å². The van der Waals surface area contributed by atoms with Gasteiger partial charge in [0, 0.05) is 0 Å². The molecule has 0 fully saturated rings. The summed E-state index contributed by atoms with van der Waals surface area (Å²) in [6.45, 7) is 3.90. The molecular weight excluding hydrogens is 356 g/mol. The van der Waals surface area contributed by atoms with Gasteiger partial charge in [-0.1, -0.05) is 29.8 Å². The lowest BCUT2D eigenvalue weighted by Gasteiger charge is -2.11. The van der Waals surface area contributed by atoms with Gasteiger partial charge in [-0.2, -0.15) is 4.98 Å². The maximum Gasteiger partial charge on any atom is 0.373 e. The molecule has 0 saturated heterocycles. The summed E-state index contributed by atoms with van der Waals surface area (Å²) in [6.07, 6.45) is 1.20. The molecule has 1 aromatic heterocycles. The second-order valence-electron chi connectivity index (χ2n) is 5.59. The molecule has 0 amide bonds. The number of anilines is 2. The number of rotatable bonds is 5. The number of nitrogens with one attached hydrogen (secondary N) is 1. The molecule has 1 N–H and O–H groups in total. The molecule has 0 bridgehead atoms. The number of benzene rings is 2. The Morgan fingerprint density at radius 2 is 1.88 bits per heavy atom. The average molecular weight is 371 g/mol. The van der Waals surface area contributed by atoms with Crippen molar-refractivity contribution >= 4 is 28.8 Å². The van der Waals surface area contributed by atoms with Gasteiger partial charge < -0.3 is 10.1 Å². The predicted molar refractivity (Wildman–Crippen MR) is 99.4 cm³/mol. The van der Waals surface area contributed by atoms with Crippen LogP contribution >= 0.6 is 11.6 Å². The van der Waals surface area contributed by atoms with Crippen LogP contribution in [-0.2, 0) is 0 Å². The summed E-state index contributed by atoms with van der Waals surface area (Å²) in [5, 5.41) is 14.9. The van der Waals surface area contributed by atoms with Crippen molar-refractivity contribution in [2.75, 3.05) is 5.32 Å². The van der Waals surface area contributed by atoms with Crippen molar-refractivity contribution in [3.63, 3.8) is 0 Å². The molecule has 0 aliphatic carbocycles. The smallest absolute Gasteiger partial charge is 0.373 e. The Balaban J connectivity index is 1.99. The van der Waals surface area contributed by atoms with Crippen molar-refractivity contribution in [1.29, 1.82) is 0 Å². The number of nitro groups is 1. The van der Waals surface area contributed by atoms with Crippen LogP contribution in [0, 0.1) is 24.0 Å². The van der Waals surface area contributed by atoms with Crippen molar-refractivity contribution in [3.8, 4) is 11.6 Å². The Morgan fingerprint density at radius 3 is 2.58 bits per heavy atom. The van der Waals surface area contributed by atoms with Crippen molar-refractivity contribution in [2.45, 2.75) is 13.8 Å². The summed E-state index contributed by atoms with van der Waals surface area (Å²) in [5.41, 5.74) is 2.22. The molecule has 0 spiro atoms. The summed E-state index contributed by atoms with van der Waals surface area (Å²) in [7, 11) is 0. The Kier molecular flexibility index (Phi) is 4.99. The maximum absolute atomic E-state index is 11.6. The zero-order valence-corrected chi connectivity index (χ0v) is 14.8. The Labute approximate surface area is 154 Å². The molecule has 132 valence electrons. The number of ether oxygens (including phenoxy) is 1. The number of aryl methyl sites for hydroxylation is 2. The molecule has 0 aliphatic heterocycles. The van der Waals surface area contributed by atoms with Gasteiger partial charge in [-0.05, 0) is 49.2 Å². The third-order valence-corrected chi connectivity index (χ3v) is 4.12. The van der Waals surface area contributed by atoms with E-state index in [2.05, 4.69) is 15.3 Å². The first-order valence-electron chi connectivity index (χ1n) is 7.71. The standard InChI is InChI=1S/C18H15ClN4O3/c1-11-7-8-13(9-12(11)2)26-18-16(23(24)25)17(20-10-21-18)22-15-6-4-3-5-14(15)19/h3-10H,1-2H3,(H,20,21,22). The number of aromatic nitrogens is 2. The first kappa shape index (κ1) is 17.6. The highest BCUT2D eigenvalue weighted by molar-refractivity contribution is 6.33. The van der Waals surface area contributed by atoms with Crippen molar-refractivity contribution in [2.24, 2.45) is 0 Å². The van der Waals surface area contributed by atoms with E-state index in [9.17, 15) is 10.1 Å². The van der Waals surface area contributed by atoms with E-state index in [1.165, 1.54) is 6.33 Å². The summed E-state index contributed by atoms with van der Waals surface area (Å²) in [4.78, 5) is 18.9. The quantitative estimate of drug-likeness (QED) is 0.491. The van der Waals surface area contributed by atoms with Crippen LogP contribution in [0.2, 0.25) is 5.02 Å². The van der Waals surface area contributed by atoms with E-state index in [-0.39, 0.29) is 17.4 Å². The van der Waals surface area contributed by atoms with Crippen LogP contribution in [0.25, 0.3) is 0 Å². The monoisotopic (exact) mass is 370 g/mol. The molecule has 26 heavy (non-hydrogen) atoms. The zero-order valence-electron chi connectivity index (χ0n) is 14.1. The Hall–Kier alpha value is -3.19. The largest absolute Gasteiger partial charge is 0.434 e. The molecule has 0 unspecified atom stereocenters. The molecule has 3 aromatic rings. The second-order valence-corrected chi connectivity index (χ2v) is 5.99. The van der Waals surface area contributed by atoms with Gasteiger partial charge in [0.2, 0.25) is 5.82 Å². The number of hydrogen-bond donors (Lipinski definition) is 1. The number of hydrogen-bond acceptors (Lipinski definition) is 6. The average Bonchev–Trinajstić information content (AvgIpc) is 2.60. The molecule has 7 nitrogen and oxygen atoms in total. The van der Waals surface area contributed by atoms with Gasteiger partial charge >= 0.3 is 11.6 Å². The van der Waals surface area contributed by atoms with E-state index in [1.54, 1.807) is 36.4 Å². The molecule has 0 radical (unpaired) electrons.